The molecule has 0 spiro atoms. The fourth-order valence-corrected chi connectivity index (χ4v) is 3.87. The van der Waals surface area contributed by atoms with E-state index < -0.39 is 0 Å². The van der Waals surface area contributed by atoms with Gasteiger partial charge in [0.05, 0.1) is 5.39 Å². The van der Waals surface area contributed by atoms with Crippen molar-refractivity contribution in [3.05, 3.63) is 109 Å². The van der Waals surface area contributed by atoms with Crippen LogP contribution in [0.1, 0.15) is 0 Å². The molecule has 5 rings (SSSR count). The monoisotopic (exact) mass is 320 g/mol. The van der Waals surface area contributed by atoms with E-state index in [1.54, 1.807) is 0 Å². The zero-order chi connectivity index (χ0) is 16.8. The van der Waals surface area contributed by atoms with Crippen LogP contribution in [-0.4, -0.2) is 0 Å². The maximum atomic E-state index is 4.23. The van der Waals surface area contributed by atoms with E-state index in [0.717, 1.165) is 5.35 Å². The summed E-state index contributed by atoms with van der Waals surface area (Å²) in [6.45, 7) is 4.23. The number of rotatable bonds is 0. The molecule has 1 aromatic heterocycles. The molecule has 0 N–H and O–H groups in total. The zero-order valence-corrected chi connectivity index (χ0v) is 13.9. The van der Waals surface area contributed by atoms with Gasteiger partial charge in [0.1, 0.15) is 6.72 Å². The van der Waals surface area contributed by atoms with Gasteiger partial charge in [0.2, 0.25) is 5.35 Å². The topological polar surface area (TPSA) is 5.90 Å². The fraction of sp³-hybridized carbons (Fsp3) is 0.0417. The van der Waals surface area contributed by atoms with Gasteiger partial charge in [-0.05, 0) is 28.5 Å². The van der Waals surface area contributed by atoms with Crippen molar-refractivity contribution in [2.75, 3.05) is 0 Å². The van der Waals surface area contributed by atoms with Crippen molar-refractivity contribution in [1.29, 1.82) is 0 Å². The van der Waals surface area contributed by atoms with E-state index in [-0.39, 0.29) is 0 Å². The summed E-state index contributed by atoms with van der Waals surface area (Å²) in [7, 11) is 0. The maximum Gasteiger partial charge on any atom is 0.225 e. The van der Waals surface area contributed by atoms with Crippen molar-refractivity contribution in [2.45, 2.75) is 0 Å². The Labute approximate surface area is 146 Å². The first-order chi connectivity index (χ1) is 12.3. The fourth-order valence-electron chi connectivity index (χ4n) is 3.87. The summed E-state index contributed by atoms with van der Waals surface area (Å²) in [4.78, 5) is 0. The molecule has 0 aliphatic heterocycles. The van der Waals surface area contributed by atoms with Gasteiger partial charge in [0.15, 0.2) is 6.20 Å². The lowest BCUT2D eigenvalue weighted by atomic mass is 9.87. The lowest BCUT2D eigenvalue weighted by Gasteiger charge is -2.16. The summed E-state index contributed by atoms with van der Waals surface area (Å²) < 4.78 is 1.98. The van der Waals surface area contributed by atoms with Crippen molar-refractivity contribution >= 4 is 27.1 Å². The molecule has 1 unspecified atom stereocenters. The molecule has 0 amide bonds. The van der Waals surface area contributed by atoms with Gasteiger partial charge in [-0.25, -0.2) is 0 Å². The lowest BCUT2D eigenvalue weighted by molar-refractivity contribution is -0.511. The minimum atomic E-state index is 0.392. The van der Waals surface area contributed by atoms with Crippen LogP contribution >= 0.6 is 0 Å². The van der Waals surface area contributed by atoms with Gasteiger partial charge in [-0.2, -0.15) is 4.24 Å². The van der Waals surface area contributed by atoms with Crippen molar-refractivity contribution in [1.82, 2.24) is 0 Å². The van der Waals surface area contributed by atoms with Crippen molar-refractivity contribution < 1.29 is 4.24 Å². The summed E-state index contributed by atoms with van der Waals surface area (Å²) >= 11 is 0. The molecule has 1 heteroatoms. The number of pyridine rings is 1. The Hall–Kier alpha value is -3.19. The van der Waals surface area contributed by atoms with E-state index in [0.29, 0.717) is 5.92 Å². The largest absolute Gasteiger partial charge is 0.225 e. The molecule has 25 heavy (non-hydrogen) atoms. The highest BCUT2D eigenvalue weighted by Crippen LogP contribution is 2.28. The molecule has 3 aromatic rings. The average Bonchev–Trinajstić information content (AvgIpc) is 2.67. The van der Waals surface area contributed by atoms with Crippen LogP contribution in [0.2, 0.25) is 0 Å². The molecule has 1 heterocycles. The summed E-state index contributed by atoms with van der Waals surface area (Å²) in [5, 5.41) is 6.22. The molecule has 1 nitrogen and oxygen atoms in total. The Morgan fingerprint density at radius 3 is 2.68 bits per heavy atom. The van der Waals surface area contributed by atoms with Crippen LogP contribution in [0.5, 0.6) is 0 Å². The van der Waals surface area contributed by atoms with Crippen LogP contribution in [0, 0.1) is 12.6 Å². The molecular formula is C24H18N+. The van der Waals surface area contributed by atoms with Crippen LogP contribution in [0.3, 0.4) is 0 Å². The second kappa shape index (κ2) is 5.42. The number of hydrogen-bond acceptors (Lipinski definition) is 0. The Kier molecular flexibility index (Phi) is 3.07. The number of benzene rings is 2. The summed E-state index contributed by atoms with van der Waals surface area (Å²) in [6.07, 6.45) is 17.5. The van der Waals surface area contributed by atoms with E-state index in [4.69, 9.17) is 0 Å². The molecule has 1 atom stereocenters. The Morgan fingerprint density at radius 2 is 1.72 bits per heavy atom. The molecule has 2 aromatic carbocycles. The Morgan fingerprint density at radius 1 is 0.800 bits per heavy atom. The van der Waals surface area contributed by atoms with Gasteiger partial charge in [0.25, 0.3) is 0 Å². The number of allylic oxidation sites excluding steroid dienone is 8. The van der Waals surface area contributed by atoms with Crippen molar-refractivity contribution in [3.63, 3.8) is 0 Å². The average molecular weight is 320 g/mol. The van der Waals surface area contributed by atoms with Crippen LogP contribution < -0.4 is 9.59 Å². The predicted molar refractivity (Wildman–Crippen MR) is 104 cm³/mol. The van der Waals surface area contributed by atoms with E-state index in [2.05, 4.69) is 97.9 Å². The standard InChI is InChI=1S/C24H18N/c1-25-15-14-22-21-9-5-4-7-18(21)12-13-23(22)24(25)20-11-10-17-6-2-3-8-19(17)16-20/h2-17H,1H2/q+1. The van der Waals surface area contributed by atoms with Gasteiger partial charge in [-0.15, -0.1) is 0 Å². The molecular weight excluding hydrogens is 302 g/mol. The molecule has 0 saturated heterocycles. The summed E-state index contributed by atoms with van der Waals surface area (Å²) in [6, 6.07) is 15.1. The highest BCUT2D eigenvalue weighted by atomic mass is 14.8. The SMILES string of the molecule is C=[n+]1ccc2c(ccc3ccccc32)c1=C1C=CC2C=CC=CC2=C1. The van der Waals surface area contributed by atoms with Crippen LogP contribution in [-0.2, 0) is 0 Å². The van der Waals surface area contributed by atoms with E-state index >= 15 is 0 Å². The minimum Gasteiger partial charge on any atom is -0.173 e. The van der Waals surface area contributed by atoms with Gasteiger partial charge in [-0.3, -0.25) is 0 Å². The first kappa shape index (κ1) is 14.2. The summed E-state index contributed by atoms with van der Waals surface area (Å²) in [5.41, 5.74) is 2.54. The minimum absolute atomic E-state index is 0.392. The first-order valence-corrected chi connectivity index (χ1v) is 8.60. The highest BCUT2D eigenvalue weighted by Gasteiger charge is 2.16. The Bertz CT molecular complexity index is 1250. The molecule has 0 fully saturated rings. The Balaban J connectivity index is 1.91. The van der Waals surface area contributed by atoms with Crippen LogP contribution in [0.25, 0.3) is 27.1 Å². The van der Waals surface area contributed by atoms with Crippen molar-refractivity contribution in [3.8, 4) is 0 Å². The number of aromatic nitrogens is 1. The molecule has 0 saturated carbocycles. The summed E-state index contributed by atoms with van der Waals surface area (Å²) in [5.74, 6) is 0.392. The quantitative estimate of drug-likeness (QED) is 0.430. The maximum absolute atomic E-state index is 4.23. The van der Waals surface area contributed by atoms with E-state index in [1.807, 2.05) is 4.24 Å². The van der Waals surface area contributed by atoms with Gasteiger partial charge in [0, 0.05) is 22.9 Å². The molecule has 2 aliphatic carbocycles. The third-order valence-corrected chi connectivity index (χ3v) is 5.12. The molecule has 0 radical (unpaired) electrons. The second-order valence-electron chi connectivity index (χ2n) is 6.61. The first-order valence-electron chi connectivity index (χ1n) is 8.60. The van der Waals surface area contributed by atoms with Gasteiger partial charge >= 0.3 is 0 Å². The van der Waals surface area contributed by atoms with Crippen molar-refractivity contribution in [2.24, 2.45) is 5.92 Å². The number of hydrogen-bond donors (Lipinski definition) is 0. The smallest absolute Gasteiger partial charge is 0.173 e. The third-order valence-electron chi connectivity index (χ3n) is 5.12. The van der Waals surface area contributed by atoms with E-state index in [1.165, 1.54) is 32.7 Å². The van der Waals surface area contributed by atoms with Crippen LogP contribution in [0.4, 0.5) is 0 Å². The predicted octanol–water partition coefficient (Wildman–Crippen LogP) is 4.31. The normalized spacial score (nSPS) is 20.8. The molecule has 2 aliphatic rings. The second-order valence-corrected chi connectivity index (χ2v) is 6.61. The third kappa shape index (κ3) is 2.20. The highest BCUT2D eigenvalue weighted by molar-refractivity contribution is 6.07. The van der Waals surface area contributed by atoms with E-state index in [9.17, 15) is 0 Å². The lowest BCUT2D eigenvalue weighted by Crippen LogP contribution is -2.37. The van der Waals surface area contributed by atoms with Gasteiger partial charge in [-0.1, -0.05) is 66.8 Å². The van der Waals surface area contributed by atoms with Gasteiger partial charge < -0.3 is 0 Å². The number of fused-ring (bicyclic) bond motifs is 4. The van der Waals surface area contributed by atoms with Crippen LogP contribution in [0.15, 0.2) is 96.8 Å². The molecule has 0 bridgehead atoms. The molecule has 118 valence electrons. The number of nitrogens with zero attached hydrogens (tertiary/aromatic N) is 1. The zero-order valence-electron chi connectivity index (χ0n) is 13.9.